The Morgan fingerprint density at radius 1 is 0.919 bits per heavy atom. The summed E-state index contributed by atoms with van der Waals surface area (Å²) in [7, 11) is 4.86. The van der Waals surface area contributed by atoms with Crippen molar-refractivity contribution in [3.8, 4) is 28.8 Å². The minimum absolute atomic E-state index is 0.0108. The molecule has 21 nitrogen and oxygen atoms in total. The maximum absolute atomic E-state index is 15.1. The van der Waals surface area contributed by atoms with Crippen molar-refractivity contribution >= 4 is 64.4 Å². The average molecular weight is 1220 g/mol. The molecule has 2 bridgehead atoms. The van der Waals surface area contributed by atoms with Crippen molar-refractivity contribution in [3.63, 3.8) is 0 Å². The molecule has 0 aliphatic carbocycles. The second kappa shape index (κ2) is 28.2. The molecule has 0 spiro atoms. The van der Waals surface area contributed by atoms with E-state index in [0.717, 1.165) is 11.1 Å². The number of hydrogen-bond acceptors (Lipinski definition) is 15. The van der Waals surface area contributed by atoms with Gasteiger partial charge in [-0.15, -0.1) is 0 Å². The van der Waals surface area contributed by atoms with Crippen LogP contribution in [0.25, 0.3) is 11.3 Å². The van der Waals surface area contributed by atoms with Gasteiger partial charge in [-0.25, -0.2) is 19.2 Å². The molecule has 6 aromatic rings. The molecule has 452 valence electrons. The van der Waals surface area contributed by atoms with Crippen LogP contribution >= 0.6 is 23.2 Å². The van der Waals surface area contributed by atoms with E-state index >= 15 is 4.79 Å². The summed E-state index contributed by atoms with van der Waals surface area (Å²) < 4.78 is 39.8. The predicted molar refractivity (Wildman–Crippen MR) is 324 cm³/mol. The van der Waals surface area contributed by atoms with E-state index in [2.05, 4.69) is 21.5 Å². The maximum atomic E-state index is 15.1. The zero-order valence-electron chi connectivity index (χ0n) is 49.0. The second-order valence-electron chi connectivity index (χ2n) is 21.6. The Hall–Kier alpha value is -8.36. The van der Waals surface area contributed by atoms with Crippen LogP contribution in [0.3, 0.4) is 0 Å². The van der Waals surface area contributed by atoms with Gasteiger partial charge in [0.15, 0.2) is 17.3 Å². The Kier molecular flexibility index (Phi) is 20.4. The van der Waals surface area contributed by atoms with E-state index in [1.165, 1.54) is 34.2 Å². The molecule has 24 heteroatoms. The predicted octanol–water partition coefficient (Wildman–Crippen LogP) is 9.01. The fourth-order valence-corrected chi connectivity index (χ4v) is 11.0. The van der Waals surface area contributed by atoms with Gasteiger partial charge < -0.3 is 49.6 Å². The molecule has 1 saturated heterocycles. The number of benzene rings is 4. The van der Waals surface area contributed by atoms with Crippen molar-refractivity contribution in [3.05, 3.63) is 146 Å². The number of anilines is 2. The molecule has 3 atom stereocenters. The van der Waals surface area contributed by atoms with Crippen LogP contribution < -0.4 is 20.5 Å². The number of fused-ring (bicyclic) bond motifs is 5. The smallest absolute Gasteiger partial charge is 0.326 e. The van der Waals surface area contributed by atoms with Gasteiger partial charge in [-0.05, 0) is 104 Å². The first-order chi connectivity index (χ1) is 41.4. The zero-order valence-corrected chi connectivity index (χ0v) is 50.5. The third-order valence-electron chi connectivity index (χ3n) is 15.3. The number of hydrogen-bond donors (Lipinski definition) is 2. The quantitative estimate of drug-likeness (QED) is 0.0764. The Labute approximate surface area is 509 Å². The molecule has 2 aromatic heterocycles. The number of nitrogens with two attached hydrogens (primary N) is 1. The van der Waals surface area contributed by atoms with Gasteiger partial charge in [0.2, 0.25) is 11.8 Å². The number of aromatic nitrogens is 4. The Morgan fingerprint density at radius 3 is 2.33 bits per heavy atom. The molecule has 5 amide bonds. The minimum Gasteiger partial charge on any atom is -0.497 e. The number of nitrogens with zero attached hydrogens (tertiary/aromatic N) is 11. The van der Waals surface area contributed by atoms with E-state index in [1.54, 1.807) is 77.0 Å². The van der Waals surface area contributed by atoms with E-state index in [-0.39, 0.29) is 120 Å². The summed E-state index contributed by atoms with van der Waals surface area (Å²) in [6, 6.07) is 24.8. The van der Waals surface area contributed by atoms with Crippen molar-refractivity contribution in [2.45, 2.75) is 77.2 Å². The number of piperazine rings is 1. The van der Waals surface area contributed by atoms with E-state index in [9.17, 15) is 24.0 Å². The number of halogens is 3. The van der Waals surface area contributed by atoms with Gasteiger partial charge in [-0.2, -0.15) is 10.4 Å². The summed E-state index contributed by atoms with van der Waals surface area (Å²) >= 11 is 12.7. The molecular formula is C62H70Cl2FN13O8. The molecule has 0 saturated carbocycles. The Balaban J connectivity index is 0.782. The lowest BCUT2D eigenvalue weighted by atomic mass is 9.91. The first kappa shape index (κ1) is 62.2. The number of ether oxygens (including phenoxy) is 4. The number of rotatable bonds is 18. The van der Waals surface area contributed by atoms with E-state index in [0.29, 0.717) is 86.2 Å². The average Bonchev–Trinajstić information content (AvgIpc) is 1.74. The lowest BCUT2D eigenvalue weighted by Gasteiger charge is -2.38. The van der Waals surface area contributed by atoms with Crippen LogP contribution in [0.1, 0.15) is 102 Å². The summed E-state index contributed by atoms with van der Waals surface area (Å²) in [5.41, 5.74) is 10.6. The Morgan fingerprint density at radius 2 is 1.63 bits per heavy atom. The molecular weight excluding hydrogens is 1140 g/mol. The van der Waals surface area contributed by atoms with Gasteiger partial charge in [0.05, 0.1) is 93.9 Å². The fraction of sp³-hybridized carbons (Fsp3) is 0.403. The molecule has 0 radical (unpaired) electrons. The third-order valence-corrected chi connectivity index (χ3v) is 15.8. The van der Waals surface area contributed by atoms with Gasteiger partial charge in [0.25, 0.3) is 5.91 Å². The SMILES string of the molecule is COc1ccc(C2=N[C@@H](c3ccc(Cl)cc3)[C@@H](c3ccc(Cl)cc3)N2C(=O)N2CCN(CCOCCOCCC(=O)N(C)CCn3nc(C#N)c4c3CN(C)C(=O)c3ccc(F)cc3[C@H](C)CCCNc3nc-4cnc3N)C(=O)C2)c(OC(C)C)c1. The minimum atomic E-state index is -0.645. The van der Waals surface area contributed by atoms with Gasteiger partial charge in [-0.3, -0.25) is 29.0 Å². The highest BCUT2D eigenvalue weighted by molar-refractivity contribution is 6.30. The van der Waals surface area contributed by atoms with Crippen LogP contribution in [-0.2, 0) is 32.2 Å². The van der Waals surface area contributed by atoms with Gasteiger partial charge in [-0.1, -0.05) is 54.4 Å². The van der Waals surface area contributed by atoms with Crippen LogP contribution in [0.2, 0.25) is 10.0 Å². The summed E-state index contributed by atoms with van der Waals surface area (Å²) in [4.78, 5) is 78.8. The van der Waals surface area contributed by atoms with Crippen molar-refractivity contribution in [1.29, 1.82) is 5.26 Å². The molecule has 9 rings (SSSR count). The largest absolute Gasteiger partial charge is 0.497 e. The molecule has 86 heavy (non-hydrogen) atoms. The summed E-state index contributed by atoms with van der Waals surface area (Å²) in [5.74, 6) is 0.545. The van der Waals surface area contributed by atoms with Crippen LogP contribution in [-0.4, -0.2) is 167 Å². The summed E-state index contributed by atoms with van der Waals surface area (Å²) in [5, 5.41) is 19.3. The van der Waals surface area contributed by atoms with Crippen LogP contribution in [0.4, 0.5) is 20.8 Å². The van der Waals surface area contributed by atoms with Crippen molar-refractivity contribution in [1.82, 2.24) is 44.2 Å². The maximum Gasteiger partial charge on any atom is 0.326 e. The molecule has 5 heterocycles. The number of aliphatic imine (C=N–C) groups is 1. The molecule has 4 aromatic carbocycles. The number of likely N-dealkylation sites (N-methyl/N-ethyl adjacent to an activating group) is 1. The highest BCUT2D eigenvalue weighted by atomic mass is 35.5. The first-order valence-corrected chi connectivity index (χ1v) is 29.3. The standard InChI is InChI=1S/C62H70Cl2FN13O8/c1-38(2)86-52-33-45(83-6)18-20-47(52)60-71-56(40-9-13-42(63)14-10-40)57(41-11-15-43(64)16-12-41)78(60)62(82)76-25-24-75(54(80)37-76)27-29-85-31-30-84-28-21-53(79)73(4)23-26-77-51-36-74(5)61(81)46-19-17-44(65)32-48(46)39(3)8-7-22-68-59-58(67)69-35-50(70-59)55(51)49(34-66)72-77/h9-20,32-33,35,38-39,56-57H,7-8,21-31,36-37H2,1-6H3,(H2,67,69)(H,68,70)/t39-,56+,57-/m1/s1. The molecule has 3 N–H and O–H groups in total. The highest BCUT2D eigenvalue weighted by Crippen LogP contribution is 2.46. The number of carbonyl (C=O) groups excluding carboxylic acids is 4. The lowest BCUT2D eigenvalue weighted by molar-refractivity contribution is -0.135. The van der Waals surface area contributed by atoms with Crippen LogP contribution in [0, 0.1) is 17.1 Å². The van der Waals surface area contributed by atoms with E-state index in [1.807, 2.05) is 51.1 Å². The topological polar surface area (TPSA) is 239 Å². The van der Waals surface area contributed by atoms with Crippen molar-refractivity contribution in [2.75, 3.05) is 98.0 Å². The van der Waals surface area contributed by atoms with E-state index < -0.39 is 23.9 Å². The molecule has 1 fully saturated rings. The summed E-state index contributed by atoms with van der Waals surface area (Å²) in [6.45, 7) is 7.97. The normalized spacial score (nSPS) is 17.3. The number of amides is 5. The molecule has 0 unspecified atom stereocenters. The second-order valence-corrected chi connectivity index (χ2v) is 22.4. The Bertz CT molecular complexity index is 3510. The van der Waals surface area contributed by atoms with E-state index in [4.69, 9.17) is 57.9 Å². The number of nitrogen functional groups attached to an aromatic ring is 1. The van der Waals surface area contributed by atoms with Crippen molar-refractivity contribution < 1.29 is 42.5 Å². The van der Waals surface area contributed by atoms with Gasteiger partial charge in [0.1, 0.15) is 41.8 Å². The number of nitrogens with one attached hydrogen (secondary N) is 1. The van der Waals surface area contributed by atoms with Crippen LogP contribution in [0.15, 0.2) is 96.1 Å². The zero-order chi connectivity index (χ0) is 61.2. The third kappa shape index (κ3) is 14.5. The molecule has 3 aliphatic heterocycles. The van der Waals surface area contributed by atoms with Gasteiger partial charge >= 0.3 is 6.03 Å². The monoisotopic (exact) mass is 1210 g/mol. The first-order valence-electron chi connectivity index (χ1n) is 28.5. The number of carbonyl (C=O) groups is 4. The molecule has 3 aliphatic rings. The highest BCUT2D eigenvalue weighted by Gasteiger charge is 2.46. The number of nitriles is 1. The summed E-state index contributed by atoms with van der Waals surface area (Å²) in [6.07, 6.45) is 2.63. The van der Waals surface area contributed by atoms with Crippen LogP contribution in [0.5, 0.6) is 11.5 Å². The number of amidine groups is 1. The fourth-order valence-electron chi connectivity index (χ4n) is 10.7. The van der Waals surface area contributed by atoms with Gasteiger partial charge in [0, 0.05) is 68.5 Å². The number of methoxy groups -OCH3 is 1. The van der Waals surface area contributed by atoms with Crippen molar-refractivity contribution in [2.24, 2.45) is 4.99 Å². The lowest BCUT2D eigenvalue weighted by Crippen LogP contribution is -2.56. The number of urea groups is 1.